The largest absolute Gasteiger partial charge is 0.573 e. The summed E-state index contributed by atoms with van der Waals surface area (Å²) in [5.41, 5.74) is 0.448. The monoisotopic (exact) mass is 530 g/mol. The predicted molar refractivity (Wildman–Crippen MR) is 124 cm³/mol. The van der Waals surface area contributed by atoms with Crippen LogP contribution in [-0.4, -0.2) is 81.4 Å². The number of hydrogen-bond donors (Lipinski definition) is 0. The quantitative estimate of drug-likeness (QED) is 0.547. The van der Waals surface area contributed by atoms with Gasteiger partial charge in [0.1, 0.15) is 5.75 Å². The van der Waals surface area contributed by atoms with E-state index >= 15 is 0 Å². The lowest BCUT2D eigenvalue weighted by molar-refractivity contribution is -0.274. The number of carbonyl (C=O) groups is 1. The van der Waals surface area contributed by atoms with Crippen LogP contribution in [0.4, 0.5) is 18.3 Å². The summed E-state index contributed by atoms with van der Waals surface area (Å²) in [5, 5.41) is 0.354. The number of ether oxygens (including phenoxy) is 1. The second-order valence-corrected chi connectivity index (χ2v) is 10.9. The van der Waals surface area contributed by atoms with Crippen LogP contribution in [0.2, 0.25) is 0 Å². The van der Waals surface area contributed by atoms with Crippen molar-refractivity contribution in [3.8, 4) is 5.75 Å². The lowest BCUT2D eigenvalue weighted by atomic mass is 9.98. The minimum Gasteiger partial charge on any atom is -0.406 e. The molecule has 0 saturated carbocycles. The van der Waals surface area contributed by atoms with Gasteiger partial charge in [0.15, 0.2) is 5.13 Å². The van der Waals surface area contributed by atoms with Crippen molar-refractivity contribution < 1.29 is 31.1 Å². The summed E-state index contributed by atoms with van der Waals surface area (Å²) < 4.78 is 67.2. The number of likely N-dealkylation sites (N-methyl/N-ethyl adjacent to an activating group) is 1. The van der Waals surface area contributed by atoms with Crippen LogP contribution in [0.3, 0.4) is 0 Å². The number of fused-ring (bicyclic) bond motifs is 1. The van der Waals surface area contributed by atoms with Crippen LogP contribution in [0.1, 0.15) is 12.8 Å². The van der Waals surface area contributed by atoms with Gasteiger partial charge in [0.2, 0.25) is 15.9 Å². The van der Waals surface area contributed by atoms with Crippen LogP contribution in [0.15, 0.2) is 18.2 Å². The van der Waals surface area contributed by atoms with Crippen LogP contribution in [-0.2, 0) is 14.8 Å². The summed E-state index contributed by atoms with van der Waals surface area (Å²) in [6.45, 7) is 1.33. The van der Waals surface area contributed by atoms with E-state index in [2.05, 4.69) is 9.72 Å². The molecule has 0 bridgehead atoms. The van der Waals surface area contributed by atoms with Crippen molar-refractivity contribution in [2.75, 3.05) is 51.4 Å². The van der Waals surface area contributed by atoms with Gasteiger partial charge in [-0.1, -0.05) is 11.3 Å². The van der Waals surface area contributed by atoms with Crippen molar-refractivity contribution in [3.05, 3.63) is 18.2 Å². The maximum absolute atomic E-state index is 13.4. The molecular formula is C19H26ClF3N4O4S2. The molecule has 1 saturated heterocycles. The number of carbonyl (C=O) groups excluding carboxylic acids is 1. The lowest BCUT2D eigenvalue weighted by Crippen LogP contribution is -2.47. The number of aromatic nitrogens is 1. The second-order valence-electron chi connectivity index (χ2n) is 7.93. The molecule has 1 aliphatic heterocycles. The number of hydrogen-bond acceptors (Lipinski definition) is 7. The third kappa shape index (κ3) is 7.41. The highest BCUT2D eigenvalue weighted by Crippen LogP contribution is 2.34. The first-order valence-corrected chi connectivity index (χ1v) is 12.6. The molecule has 3 rings (SSSR count). The van der Waals surface area contributed by atoms with Crippen molar-refractivity contribution in [2.45, 2.75) is 19.2 Å². The summed E-state index contributed by atoms with van der Waals surface area (Å²) >= 11 is 1.09. The topological polar surface area (TPSA) is 83.0 Å². The Morgan fingerprint density at radius 1 is 1.30 bits per heavy atom. The molecule has 8 nitrogen and oxygen atoms in total. The number of alkyl halides is 3. The minimum absolute atomic E-state index is 0. The zero-order valence-corrected chi connectivity index (χ0v) is 20.8. The van der Waals surface area contributed by atoms with Crippen molar-refractivity contribution in [1.29, 1.82) is 0 Å². The Hall–Kier alpha value is -1.67. The van der Waals surface area contributed by atoms with Gasteiger partial charge in [-0.3, -0.25) is 9.69 Å². The van der Waals surface area contributed by atoms with Gasteiger partial charge in [-0.05, 0) is 39.1 Å². The summed E-state index contributed by atoms with van der Waals surface area (Å²) in [6, 6.07) is 3.83. The number of rotatable bonds is 7. The summed E-state index contributed by atoms with van der Waals surface area (Å²) in [5.74, 6) is -1.12. The fraction of sp³-hybridized carbons (Fsp3) is 0.579. The fourth-order valence-corrected chi connectivity index (χ4v) is 5.41. The van der Waals surface area contributed by atoms with E-state index < -0.39 is 22.3 Å². The zero-order valence-electron chi connectivity index (χ0n) is 18.3. The Morgan fingerprint density at radius 2 is 2.00 bits per heavy atom. The molecule has 0 spiro atoms. The van der Waals surface area contributed by atoms with Gasteiger partial charge in [-0.25, -0.2) is 17.7 Å². The van der Waals surface area contributed by atoms with Crippen molar-refractivity contribution in [2.24, 2.45) is 5.92 Å². The minimum atomic E-state index is -4.80. The van der Waals surface area contributed by atoms with E-state index in [0.717, 1.165) is 17.6 Å². The Labute approximate surface area is 200 Å². The van der Waals surface area contributed by atoms with Crippen LogP contribution in [0.25, 0.3) is 10.2 Å². The summed E-state index contributed by atoms with van der Waals surface area (Å²) in [4.78, 5) is 21.2. The van der Waals surface area contributed by atoms with Gasteiger partial charge in [0.05, 0.1) is 22.4 Å². The van der Waals surface area contributed by atoms with Crippen LogP contribution < -0.4 is 9.64 Å². The van der Waals surface area contributed by atoms with Crippen molar-refractivity contribution in [1.82, 2.24) is 14.2 Å². The van der Waals surface area contributed by atoms with E-state index in [0.29, 0.717) is 47.8 Å². The van der Waals surface area contributed by atoms with Gasteiger partial charge in [0, 0.05) is 32.2 Å². The van der Waals surface area contributed by atoms with Gasteiger partial charge in [-0.15, -0.1) is 25.6 Å². The fourth-order valence-electron chi connectivity index (χ4n) is 3.47. The number of benzene rings is 1. The predicted octanol–water partition coefficient (Wildman–Crippen LogP) is 3.18. The number of piperidine rings is 1. The molecule has 186 valence electrons. The highest BCUT2D eigenvalue weighted by atomic mass is 35.5. The first-order valence-electron chi connectivity index (χ1n) is 9.91. The number of anilines is 1. The molecular weight excluding hydrogens is 505 g/mol. The molecule has 2 aromatic rings. The van der Waals surface area contributed by atoms with Crippen LogP contribution in [0, 0.1) is 5.92 Å². The smallest absolute Gasteiger partial charge is 0.406 e. The standard InChI is InChI=1S/C19H25F3N4O4S2.ClH/c1-24(2)9-10-26(17(27)13-5-4-8-25(12-13)32(3,28)29)18-23-15-7-6-14(11-16(15)31-18)30-19(20,21)22;/h6-7,11,13H,4-5,8-10,12H2,1-3H3;1H. The van der Waals surface area contributed by atoms with E-state index in [9.17, 15) is 26.4 Å². The molecule has 1 amide bonds. The second kappa shape index (κ2) is 10.7. The van der Waals surface area contributed by atoms with Gasteiger partial charge >= 0.3 is 6.36 Å². The molecule has 1 aromatic heterocycles. The van der Waals surface area contributed by atoms with Crippen LogP contribution >= 0.6 is 23.7 Å². The zero-order chi connectivity index (χ0) is 23.7. The maximum Gasteiger partial charge on any atom is 0.573 e. The Morgan fingerprint density at radius 3 is 2.61 bits per heavy atom. The molecule has 0 radical (unpaired) electrons. The number of thiazole rings is 1. The van der Waals surface area contributed by atoms with E-state index in [4.69, 9.17) is 0 Å². The number of nitrogens with zero attached hydrogens (tertiary/aromatic N) is 4. The molecule has 2 heterocycles. The molecule has 0 N–H and O–H groups in total. The molecule has 1 aromatic carbocycles. The normalized spacial score (nSPS) is 17.7. The van der Waals surface area contributed by atoms with E-state index in [-0.39, 0.29) is 30.6 Å². The van der Waals surface area contributed by atoms with E-state index in [1.165, 1.54) is 27.4 Å². The highest BCUT2D eigenvalue weighted by molar-refractivity contribution is 7.88. The number of sulfonamides is 1. The maximum atomic E-state index is 13.4. The Balaban J connectivity index is 0.00000385. The van der Waals surface area contributed by atoms with Gasteiger partial charge < -0.3 is 9.64 Å². The van der Waals surface area contributed by atoms with E-state index in [1.54, 1.807) is 0 Å². The summed E-state index contributed by atoms with van der Waals surface area (Å²) in [7, 11) is 0.297. The van der Waals surface area contributed by atoms with Crippen molar-refractivity contribution >= 4 is 55.0 Å². The Kier molecular flexibility index (Phi) is 8.96. The number of amides is 1. The lowest BCUT2D eigenvalue weighted by Gasteiger charge is -2.33. The molecule has 1 fully saturated rings. The number of halogens is 4. The molecule has 1 atom stereocenters. The van der Waals surface area contributed by atoms with Crippen LogP contribution in [0.5, 0.6) is 5.75 Å². The Bertz CT molecular complexity index is 1080. The van der Waals surface area contributed by atoms with Gasteiger partial charge in [0.25, 0.3) is 0 Å². The summed E-state index contributed by atoms with van der Waals surface area (Å²) in [6.07, 6.45) is -2.56. The van der Waals surface area contributed by atoms with Crippen molar-refractivity contribution in [3.63, 3.8) is 0 Å². The average Bonchev–Trinajstić information content (AvgIpc) is 3.08. The highest BCUT2D eigenvalue weighted by Gasteiger charge is 2.34. The molecule has 1 unspecified atom stereocenters. The SMILES string of the molecule is CN(C)CCN(C(=O)C1CCCN(S(C)(=O)=O)C1)c1nc2ccc(OC(F)(F)F)cc2s1.Cl. The molecule has 14 heteroatoms. The third-order valence-corrected chi connectivity index (χ3v) is 7.36. The molecule has 0 aliphatic carbocycles. The first kappa shape index (κ1) is 27.6. The third-order valence-electron chi connectivity index (χ3n) is 5.05. The molecule has 1 aliphatic rings. The average molecular weight is 531 g/mol. The van der Waals surface area contributed by atoms with Gasteiger partial charge in [-0.2, -0.15) is 0 Å². The van der Waals surface area contributed by atoms with E-state index in [1.807, 2.05) is 19.0 Å². The molecule has 33 heavy (non-hydrogen) atoms. The first-order chi connectivity index (χ1) is 14.8.